The molecule has 6 heteroatoms. The van der Waals surface area contributed by atoms with E-state index in [1.807, 2.05) is 39.0 Å². The molecule has 0 bridgehead atoms. The molecule has 1 N–H and O–H groups in total. The van der Waals surface area contributed by atoms with Crippen LogP contribution in [0.4, 0.5) is 5.69 Å². The van der Waals surface area contributed by atoms with Crippen LogP contribution in [0, 0.1) is 0 Å². The number of benzene rings is 2. The van der Waals surface area contributed by atoms with E-state index in [-0.39, 0.29) is 28.5 Å². The van der Waals surface area contributed by atoms with Gasteiger partial charge in [-0.1, -0.05) is 33.4 Å². The quantitative estimate of drug-likeness (QED) is 0.755. The molecule has 1 heterocycles. The molecule has 2 amide bonds. The van der Waals surface area contributed by atoms with E-state index in [2.05, 4.69) is 6.58 Å². The molecule has 2 aromatic carbocycles. The van der Waals surface area contributed by atoms with E-state index in [4.69, 9.17) is 4.74 Å². The Morgan fingerprint density at radius 2 is 1.90 bits per heavy atom. The zero-order chi connectivity index (χ0) is 22.9. The lowest BCUT2D eigenvalue weighted by atomic mass is 9.85. The first kappa shape index (κ1) is 22.4. The molecule has 2 aromatic rings. The average molecular weight is 423 g/mol. The summed E-state index contributed by atoms with van der Waals surface area (Å²) in [5.74, 6) is 0.0506. The summed E-state index contributed by atoms with van der Waals surface area (Å²) in [6.07, 6.45) is 1.98. The van der Waals surface area contributed by atoms with Crippen molar-refractivity contribution in [2.75, 3.05) is 25.6 Å². The summed E-state index contributed by atoms with van der Waals surface area (Å²) < 4.78 is 5.42. The van der Waals surface area contributed by atoms with Gasteiger partial charge in [0.2, 0.25) is 5.91 Å². The van der Waals surface area contributed by atoms with Gasteiger partial charge in [0, 0.05) is 37.5 Å². The summed E-state index contributed by atoms with van der Waals surface area (Å²) in [6.45, 7) is 10.6. The van der Waals surface area contributed by atoms with Gasteiger partial charge in [0.25, 0.3) is 5.91 Å². The number of hydrogen-bond donors (Lipinski definition) is 1. The van der Waals surface area contributed by atoms with Gasteiger partial charge in [-0.3, -0.25) is 9.59 Å². The predicted octanol–water partition coefficient (Wildman–Crippen LogP) is 4.05. The lowest BCUT2D eigenvalue weighted by molar-refractivity contribution is -0.113. The summed E-state index contributed by atoms with van der Waals surface area (Å²) >= 11 is 0. The third kappa shape index (κ3) is 4.43. The second kappa shape index (κ2) is 8.46. The number of carbonyl (C=O) groups is 2. The molecule has 1 aliphatic rings. The first-order valence-corrected chi connectivity index (χ1v) is 10.3. The van der Waals surface area contributed by atoms with Gasteiger partial charge in [-0.2, -0.15) is 0 Å². The molecule has 0 atom stereocenters. The first-order valence-electron chi connectivity index (χ1n) is 10.3. The largest absolute Gasteiger partial charge is 0.507 e. The number of nitrogens with zero attached hydrogens (tertiary/aromatic N) is 2. The minimum Gasteiger partial charge on any atom is -0.507 e. The van der Waals surface area contributed by atoms with Crippen LogP contribution in [0.3, 0.4) is 0 Å². The van der Waals surface area contributed by atoms with Crippen molar-refractivity contribution in [2.24, 2.45) is 0 Å². The average Bonchev–Trinajstić information content (AvgIpc) is 2.75. The van der Waals surface area contributed by atoms with Crippen molar-refractivity contribution in [3.05, 3.63) is 65.2 Å². The molecule has 0 unspecified atom stereocenters. The molecular formula is C25H30N2O4. The number of phenolic OH excluding ortho intramolecular Hbond substituents is 1. The zero-order valence-electron chi connectivity index (χ0n) is 18.9. The van der Waals surface area contributed by atoms with Crippen LogP contribution in [0.2, 0.25) is 0 Å². The van der Waals surface area contributed by atoms with Crippen molar-refractivity contribution in [1.29, 1.82) is 0 Å². The second-order valence-corrected chi connectivity index (χ2v) is 8.85. The van der Waals surface area contributed by atoms with E-state index in [0.717, 1.165) is 22.4 Å². The van der Waals surface area contributed by atoms with Gasteiger partial charge in [0.1, 0.15) is 11.5 Å². The van der Waals surface area contributed by atoms with Crippen molar-refractivity contribution in [1.82, 2.24) is 4.90 Å². The minimum atomic E-state index is -0.250. The van der Waals surface area contributed by atoms with Gasteiger partial charge in [-0.05, 0) is 47.2 Å². The number of rotatable bonds is 4. The van der Waals surface area contributed by atoms with Gasteiger partial charge < -0.3 is 19.6 Å². The zero-order valence-corrected chi connectivity index (χ0v) is 18.9. The van der Waals surface area contributed by atoms with E-state index in [0.29, 0.717) is 25.3 Å². The van der Waals surface area contributed by atoms with Crippen LogP contribution >= 0.6 is 0 Å². The van der Waals surface area contributed by atoms with Crippen molar-refractivity contribution in [3.8, 4) is 11.5 Å². The molecule has 3 rings (SSSR count). The van der Waals surface area contributed by atoms with Gasteiger partial charge >= 0.3 is 0 Å². The van der Waals surface area contributed by atoms with Crippen molar-refractivity contribution in [3.63, 3.8) is 0 Å². The lowest BCUT2D eigenvalue weighted by Crippen LogP contribution is -2.36. The summed E-state index contributed by atoms with van der Waals surface area (Å²) in [7, 11) is 3.25. The van der Waals surface area contributed by atoms with Crippen LogP contribution in [0.25, 0.3) is 0 Å². The number of hydrogen-bond acceptors (Lipinski definition) is 4. The lowest BCUT2D eigenvalue weighted by Gasteiger charge is -2.31. The highest BCUT2D eigenvalue weighted by atomic mass is 16.5. The Morgan fingerprint density at radius 1 is 1.19 bits per heavy atom. The van der Waals surface area contributed by atoms with E-state index >= 15 is 0 Å². The number of phenols is 1. The molecule has 1 aliphatic heterocycles. The Morgan fingerprint density at radius 3 is 2.52 bits per heavy atom. The number of aromatic hydroxyl groups is 1. The Labute approximate surface area is 183 Å². The Hall–Kier alpha value is -3.28. The molecular weight excluding hydrogens is 392 g/mol. The van der Waals surface area contributed by atoms with Crippen LogP contribution in [-0.4, -0.2) is 42.5 Å². The third-order valence-corrected chi connectivity index (χ3v) is 5.74. The molecule has 164 valence electrons. The molecule has 0 saturated carbocycles. The summed E-state index contributed by atoms with van der Waals surface area (Å²) in [4.78, 5) is 28.5. The first-order chi connectivity index (χ1) is 14.6. The number of carbonyl (C=O) groups excluding carboxylic acids is 2. The summed E-state index contributed by atoms with van der Waals surface area (Å²) in [5, 5.41) is 10.5. The van der Waals surface area contributed by atoms with Gasteiger partial charge in [-0.25, -0.2) is 0 Å². The summed E-state index contributed by atoms with van der Waals surface area (Å²) in [6, 6.07) is 9.09. The van der Waals surface area contributed by atoms with Crippen molar-refractivity contribution < 1.29 is 19.4 Å². The normalized spacial score (nSPS) is 13.4. The number of methoxy groups -OCH3 is 1. The number of amides is 2. The molecule has 0 radical (unpaired) electrons. The smallest absolute Gasteiger partial charge is 0.257 e. The van der Waals surface area contributed by atoms with E-state index in [9.17, 15) is 14.7 Å². The van der Waals surface area contributed by atoms with E-state index in [1.54, 1.807) is 25.1 Å². The van der Waals surface area contributed by atoms with E-state index < -0.39 is 0 Å². The van der Waals surface area contributed by atoms with Crippen LogP contribution in [0.1, 0.15) is 47.8 Å². The number of likely N-dealkylation sites (N-methyl/N-ethyl adjacent to an activating group) is 1. The van der Waals surface area contributed by atoms with E-state index in [1.165, 1.54) is 17.0 Å². The molecule has 0 aromatic heterocycles. The van der Waals surface area contributed by atoms with Crippen molar-refractivity contribution in [2.45, 2.75) is 39.2 Å². The molecule has 0 fully saturated rings. The SMILES string of the molecule is C=CC(=O)N(C)c1ccc2c(c1)CN(C(=O)c1cc(C(C)(C)C)c(OC)cc1O)CC2. The number of anilines is 1. The fourth-order valence-corrected chi connectivity index (χ4v) is 3.86. The number of ether oxygens (including phenoxy) is 1. The monoisotopic (exact) mass is 422 g/mol. The standard InChI is InChI=1S/C25H30N2O4/c1-7-23(29)26(5)18-9-8-16-10-11-27(15-17(16)12-18)24(30)19-13-20(25(2,3)4)22(31-6)14-21(19)28/h7-9,12-14,28H,1,10-11,15H2,2-6H3. The van der Waals surface area contributed by atoms with Gasteiger partial charge in [0.15, 0.2) is 0 Å². The highest BCUT2D eigenvalue weighted by molar-refractivity contribution is 6.00. The van der Waals surface area contributed by atoms with Crippen LogP contribution in [0.15, 0.2) is 43.0 Å². The molecule has 0 saturated heterocycles. The predicted molar refractivity (Wildman–Crippen MR) is 122 cm³/mol. The van der Waals surface area contributed by atoms with Gasteiger partial charge in [-0.15, -0.1) is 0 Å². The third-order valence-electron chi connectivity index (χ3n) is 5.74. The maximum absolute atomic E-state index is 13.3. The fourth-order valence-electron chi connectivity index (χ4n) is 3.86. The van der Waals surface area contributed by atoms with Crippen molar-refractivity contribution >= 4 is 17.5 Å². The molecule has 31 heavy (non-hydrogen) atoms. The van der Waals surface area contributed by atoms with Gasteiger partial charge in [0.05, 0.1) is 12.7 Å². The maximum Gasteiger partial charge on any atom is 0.257 e. The highest BCUT2D eigenvalue weighted by Gasteiger charge is 2.28. The number of fused-ring (bicyclic) bond motifs is 1. The minimum absolute atomic E-state index is 0.0919. The maximum atomic E-state index is 13.3. The Bertz CT molecular complexity index is 1040. The van der Waals surface area contributed by atoms with Crippen LogP contribution in [-0.2, 0) is 23.2 Å². The van der Waals surface area contributed by atoms with Crippen LogP contribution < -0.4 is 9.64 Å². The molecule has 0 aliphatic carbocycles. The summed E-state index contributed by atoms with van der Waals surface area (Å²) in [5.41, 5.74) is 3.77. The molecule has 0 spiro atoms. The topological polar surface area (TPSA) is 70.1 Å². The Balaban J connectivity index is 1.92. The second-order valence-electron chi connectivity index (χ2n) is 8.85. The Kier molecular flexibility index (Phi) is 6.11. The fraction of sp³-hybridized carbons (Fsp3) is 0.360. The molecule has 6 nitrogen and oxygen atoms in total. The van der Waals surface area contributed by atoms with Crippen LogP contribution in [0.5, 0.6) is 11.5 Å². The highest BCUT2D eigenvalue weighted by Crippen LogP contribution is 2.37.